The Kier molecular flexibility index (Phi) is 7.11. The summed E-state index contributed by atoms with van der Waals surface area (Å²) in [4.78, 5) is 24.8. The predicted molar refractivity (Wildman–Crippen MR) is 78.6 cm³/mol. The number of hydrogen-bond acceptors (Lipinski definition) is 3. The minimum atomic E-state index is -0.229. The molecular weight excluding hydrogens is 266 g/mol. The molecule has 106 valence electrons. The van der Waals surface area contributed by atoms with Crippen molar-refractivity contribution < 1.29 is 9.59 Å². The number of nitrogens with two attached hydrogens (primary N) is 1. The standard InChI is InChI=1S/C13H19N3O2.ClH/c1-9(8-14)12(17)15-11-6-4-10(5-7-11)13(18)16(2)3;/h4-7,9H,8,14H2,1-3H3,(H,15,17);1H. The molecule has 0 bridgehead atoms. The number of hydrogen-bond donors (Lipinski definition) is 2. The van der Waals surface area contributed by atoms with Gasteiger partial charge in [-0.2, -0.15) is 0 Å². The van der Waals surface area contributed by atoms with Crippen LogP contribution in [-0.2, 0) is 4.79 Å². The summed E-state index contributed by atoms with van der Waals surface area (Å²) in [7, 11) is 3.39. The van der Waals surface area contributed by atoms with Gasteiger partial charge in [-0.25, -0.2) is 0 Å². The molecule has 0 heterocycles. The Morgan fingerprint density at radius 2 is 1.79 bits per heavy atom. The summed E-state index contributed by atoms with van der Waals surface area (Å²) in [6.45, 7) is 2.07. The molecule has 19 heavy (non-hydrogen) atoms. The quantitative estimate of drug-likeness (QED) is 0.877. The van der Waals surface area contributed by atoms with Crippen LogP contribution in [0.15, 0.2) is 24.3 Å². The Bertz CT molecular complexity index is 432. The second-order valence-electron chi connectivity index (χ2n) is 4.40. The van der Waals surface area contributed by atoms with Crippen LogP contribution in [0.1, 0.15) is 17.3 Å². The number of carbonyl (C=O) groups is 2. The van der Waals surface area contributed by atoms with Crippen LogP contribution < -0.4 is 11.1 Å². The summed E-state index contributed by atoms with van der Waals surface area (Å²) in [5, 5.41) is 2.74. The molecule has 2 amide bonds. The smallest absolute Gasteiger partial charge is 0.253 e. The minimum absolute atomic E-state index is 0. The number of carbonyl (C=O) groups excluding carboxylic acids is 2. The molecule has 0 spiro atoms. The third-order valence-electron chi connectivity index (χ3n) is 2.61. The molecular formula is C13H20ClN3O2. The third-order valence-corrected chi connectivity index (χ3v) is 2.61. The molecule has 0 fully saturated rings. The number of amides is 2. The van der Waals surface area contributed by atoms with Crippen molar-refractivity contribution in [3.63, 3.8) is 0 Å². The van der Waals surface area contributed by atoms with E-state index in [4.69, 9.17) is 5.73 Å². The van der Waals surface area contributed by atoms with Crippen LogP contribution in [0.4, 0.5) is 5.69 Å². The number of halogens is 1. The first kappa shape index (κ1) is 17.4. The Balaban J connectivity index is 0.00000324. The van der Waals surface area contributed by atoms with Gasteiger partial charge in [0, 0.05) is 37.8 Å². The highest BCUT2D eigenvalue weighted by atomic mass is 35.5. The van der Waals surface area contributed by atoms with Crippen molar-refractivity contribution >= 4 is 29.9 Å². The minimum Gasteiger partial charge on any atom is -0.345 e. The molecule has 5 nitrogen and oxygen atoms in total. The molecule has 0 aliphatic rings. The first-order valence-electron chi connectivity index (χ1n) is 5.78. The average molecular weight is 286 g/mol. The third kappa shape index (κ3) is 4.89. The van der Waals surface area contributed by atoms with Crippen LogP contribution in [-0.4, -0.2) is 37.4 Å². The van der Waals surface area contributed by atoms with Crippen molar-refractivity contribution in [2.75, 3.05) is 26.0 Å². The largest absolute Gasteiger partial charge is 0.345 e. The van der Waals surface area contributed by atoms with Crippen LogP contribution in [0.25, 0.3) is 0 Å². The molecule has 3 N–H and O–H groups in total. The first-order valence-corrected chi connectivity index (χ1v) is 5.78. The maximum Gasteiger partial charge on any atom is 0.253 e. The van der Waals surface area contributed by atoms with E-state index in [2.05, 4.69) is 5.32 Å². The summed E-state index contributed by atoms with van der Waals surface area (Å²) in [5.74, 6) is -0.416. The predicted octanol–water partition coefficient (Wildman–Crippen LogP) is 1.34. The summed E-state index contributed by atoms with van der Waals surface area (Å²) in [6.07, 6.45) is 0. The van der Waals surface area contributed by atoms with Gasteiger partial charge >= 0.3 is 0 Å². The van der Waals surface area contributed by atoms with Crippen molar-refractivity contribution in [3.05, 3.63) is 29.8 Å². The van der Waals surface area contributed by atoms with Crippen LogP contribution >= 0.6 is 12.4 Å². The zero-order chi connectivity index (χ0) is 13.7. The summed E-state index contributed by atoms with van der Waals surface area (Å²) in [6, 6.07) is 6.78. The fraction of sp³-hybridized carbons (Fsp3) is 0.385. The molecule has 1 atom stereocenters. The van der Waals surface area contributed by atoms with E-state index < -0.39 is 0 Å². The second kappa shape index (κ2) is 7.76. The van der Waals surface area contributed by atoms with Gasteiger partial charge in [0.1, 0.15) is 0 Å². The normalized spacial score (nSPS) is 11.2. The SMILES string of the molecule is CC(CN)C(=O)Nc1ccc(C(=O)N(C)C)cc1.Cl. The maximum atomic E-state index is 11.7. The van der Waals surface area contributed by atoms with Crippen LogP contribution in [0.5, 0.6) is 0 Å². The molecule has 1 unspecified atom stereocenters. The van der Waals surface area contributed by atoms with E-state index in [1.807, 2.05) is 0 Å². The van der Waals surface area contributed by atoms with Gasteiger partial charge in [0.25, 0.3) is 5.91 Å². The fourth-order valence-electron chi connectivity index (χ4n) is 1.33. The molecule has 0 aliphatic carbocycles. The van der Waals surface area contributed by atoms with Crippen LogP contribution in [0.2, 0.25) is 0 Å². The monoisotopic (exact) mass is 285 g/mol. The topological polar surface area (TPSA) is 75.4 Å². The second-order valence-corrected chi connectivity index (χ2v) is 4.40. The molecule has 0 aliphatic heterocycles. The van der Waals surface area contributed by atoms with Crippen LogP contribution in [0.3, 0.4) is 0 Å². The molecule has 0 saturated carbocycles. The van der Waals surface area contributed by atoms with Gasteiger partial charge in [0.15, 0.2) is 0 Å². The number of nitrogens with zero attached hydrogens (tertiary/aromatic N) is 1. The summed E-state index contributed by atoms with van der Waals surface area (Å²) >= 11 is 0. The van der Waals surface area contributed by atoms with Gasteiger partial charge in [-0.1, -0.05) is 6.92 Å². The maximum absolute atomic E-state index is 11.7. The van der Waals surface area contributed by atoms with Gasteiger partial charge in [-0.05, 0) is 24.3 Å². The molecule has 0 saturated heterocycles. The van der Waals surface area contributed by atoms with E-state index in [1.54, 1.807) is 45.3 Å². The molecule has 1 aromatic rings. The zero-order valence-corrected chi connectivity index (χ0v) is 12.2. The highest BCUT2D eigenvalue weighted by molar-refractivity contribution is 5.96. The Labute approximate surface area is 119 Å². The first-order chi connectivity index (χ1) is 8.45. The lowest BCUT2D eigenvalue weighted by atomic mass is 10.1. The van der Waals surface area contributed by atoms with E-state index in [0.717, 1.165) is 0 Å². The number of rotatable bonds is 4. The van der Waals surface area contributed by atoms with Crippen molar-refractivity contribution in [2.45, 2.75) is 6.92 Å². The van der Waals surface area contributed by atoms with Gasteiger partial charge in [-0.3, -0.25) is 9.59 Å². The van der Waals surface area contributed by atoms with Gasteiger partial charge in [-0.15, -0.1) is 12.4 Å². The Morgan fingerprint density at radius 3 is 2.21 bits per heavy atom. The fourth-order valence-corrected chi connectivity index (χ4v) is 1.33. The zero-order valence-electron chi connectivity index (χ0n) is 11.3. The van der Waals surface area contributed by atoms with E-state index in [0.29, 0.717) is 17.8 Å². The van der Waals surface area contributed by atoms with Gasteiger partial charge < -0.3 is 16.0 Å². The molecule has 1 aromatic carbocycles. The molecule has 1 rings (SSSR count). The lowest BCUT2D eigenvalue weighted by Crippen LogP contribution is -2.26. The van der Waals surface area contributed by atoms with Gasteiger partial charge in [0.2, 0.25) is 5.91 Å². The van der Waals surface area contributed by atoms with E-state index >= 15 is 0 Å². The average Bonchev–Trinajstić information content (AvgIpc) is 2.37. The number of nitrogens with one attached hydrogen (secondary N) is 1. The molecule has 0 radical (unpaired) electrons. The van der Waals surface area contributed by atoms with Crippen LogP contribution in [0, 0.1) is 5.92 Å². The highest BCUT2D eigenvalue weighted by Crippen LogP contribution is 2.11. The number of anilines is 1. The van der Waals surface area contributed by atoms with E-state index in [1.165, 1.54) is 4.90 Å². The Hall–Kier alpha value is -1.59. The van der Waals surface area contributed by atoms with Crippen molar-refractivity contribution in [1.29, 1.82) is 0 Å². The summed E-state index contributed by atoms with van der Waals surface area (Å²) in [5.41, 5.74) is 6.66. The number of benzene rings is 1. The molecule has 0 aromatic heterocycles. The van der Waals surface area contributed by atoms with E-state index in [-0.39, 0.29) is 30.1 Å². The molecule has 6 heteroatoms. The lowest BCUT2D eigenvalue weighted by molar-refractivity contribution is -0.119. The van der Waals surface area contributed by atoms with Gasteiger partial charge in [0.05, 0.1) is 0 Å². The van der Waals surface area contributed by atoms with Crippen molar-refractivity contribution in [1.82, 2.24) is 4.90 Å². The summed E-state index contributed by atoms with van der Waals surface area (Å²) < 4.78 is 0. The van der Waals surface area contributed by atoms with E-state index in [9.17, 15) is 9.59 Å². The van der Waals surface area contributed by atoms with Crippen molar-refractivity contribution in [2.24, 2.45) is 11.7 Å². The highest BCUT2D eigenvalue weighted by Gasteiger charge is 2.11. The lowest BCUT2D eigenvalue weighted by Gasteiger charge is -2.12. The van der Waals surface area contributed by atoms with Crippen molar-refractivity contribution in [3.8, 4) is 0 Å². The Morgan fingerprint density at radius 1 is 1.26 bits per heavy atom.